The molecule has 1 amide bonds. The number of nitrogens with one attached hydrogen (secondary N) is 2. The van der Waals surface area contributed by atoms with E-state index in [1.165, 1.54) is 16.2 Å². The second kappa shape index (κ2) is 14.9. The molecule has 5 aromatic heterocycles. The number of aromatic nitrogens is 7. The number of carbonyl (C=O) groups excluding carboxylic acids is 1. The van der Waals surface area contributed by atoms with Crippen molar-refractivity contribution in [2.75, 3.05) is 45.5 Å². The smallest absolute Gasteiger partial charge is 0.387 e. The van der Waals surface area contributed by atoms with Crippen LogP contribution in [0.2, 0.25) is 0 Å². The Morgan fingerprint density at radius 3 is 2.41 bits per heavy atom. The van der Waals surface area contributed by atoms with Gasteiger partial charge in [-0.3, -0.25) is 23.4 Å². The fourth-order valence-electron chi connectivity index (χ4n) is 10.2. The van der Waals surface area contributed by atoms with Gasteiger partial charge in [-0.15, -0.1) is 0 Å². The summed E-state index contributed by atoms with van der Waals surface area (Å²) in [6.07, 6.45) is 10.8. The molecular formula is C47H49FN9O6P. The van der Waals surface area contributed by atoms with Gasteiger partial charge < -0.3 is 23.9 Å². The van der Waals surface area contributed by atoms with Crippen molar-refractivity contribution in [2.45, 2.75) is 75.2 Å². The maximum Gasteiger partial charge on any atom is 0.438 e. The van der Waals surface area contributed by atoms with Gasteiger partial charge in [0, 0.05) is 79.6 Å². The minimum atomic E-state index is -2.63. The van der Waals surface area contributed by atoms with Crippen molar-refractivity contribution in [2.24, 2.45) is 0 Å². The predicted octanol–water partition coefficient (Wildman–Crippen LogP) is 6.78. The Kier molecular flexibility index (Phi) is 9.44. The van der Waals surface area contributed by atoms with Crippen LogP contribution in [0.25, 0.3) is 22.7 Å². The largest absolute Gasteiger partial charge is 0.438 e. The topological polar surface area (TPSA) is 167 Å². The molecule has 2 aliphatic carbocycles. The van der Waals surface area contributed by atoms with Crippen LogP contribution in [-0.4, -0.2) is 84.4 Å². The van der Waals surface area contributed by atoms with Crippen LogP contribution in [0.4, 0.5) is 10.1 Å². The number of H-pyrrole nitrogens is 1. The second-order valence-corrected chi connectivity index (χ2v) is 21.4. The summed E-state index contributed by atoms with van der Waals surface area (Å²) in [4.78, 5) is 47.1. The third kappa shape index (κ3) is 6.55. The first kappa shape index (κ1) is 40.5. The minimum Gasteiger partial charge on any atom is -0.387 e. The van der Waals surface area contributed by atoms with E-state index < -0.39 is 24.4 Å². The maximum absolute atomic E-state index is 15.4. The van der Waals surface area contributed by atoms with Crippen molar-refractivity contribution in [1.82, 2.24) is 38.4 Å². The van der Waals surface area contributed by atoms with Gasteiger partial charge in [0.1, 0.15) is 18.8 Å². The van der Waals surface area contributed by atoms with E-state index in [0.29, 0.717) is 95.6 Å². The third-order valence-corrected chi connectivity index (χ3v) is 15.4. The highest BCUT2D eigenvalue weighted by molar-refractivity contribution is 7.70. The molecule has 0 unspecified atom stereocenters. The van der Waals surface area contributed by atoms with Gasteiger partial charge in [0.2, 0.25) is 0 Å². The Morgan fingerprint density at radius 2 is 1.70 bits per heavy atom. The number of halogens is 1. The van der Waals surface area contributed by atoms with Crippen LogP contribution in [-0.2, 0) is 21.1 Å². The van der Waals surface area contributed by atoms with Gasteiger partial charge in [0.15, 0.2) is 5.82 Å². The number of amides is 1. The highest BCUT2D eigenvalue weighted by Crippen LogP contribution is 2.54. The zero-order valence-electron chi connectivity index (χ0n) is 36.1. The molecule has 0 spiro atoms. The van der Waals surface area contributed by atoms with E-state index in [4.69, 9.17) is 14.4 Å². The van der Waals surface area contributed by atoms with Crippen molar-refractivity contribution in [3.05, 3.63) is 140 Å². The molecule has 3 fully saturated rings. The average molecular weight is 886 g/mol. The summed E-state index contributed by atoms with van der Waals surface area (Å²) < 4.78 is 45.9. The van der Waals surface area contributed by atoms with Crippen LogP contribution < -0.4 is 22.1 Å². The summed E-state index contributed by atoms with van der Waals surface area (Å²) in [5.41, 5.74) is 6.07. The van der Waals surface area contributed by atoms with Crippen LogP contribution in [0.15, 0.2) is 87.3 Å². The highest BCUT2D eigenvalue weighted by Gasteiger charge is 2.54. The molecule has 4 aliphatic rings. The van der Waals surface area contributed by atoms with Crippen molar-refractivity contribution in [1.29, 1.82) is 0 Å². The molecule has 1 saturated heterocycles. The molecule has 7 heterocycles. The number of pyridine rings is 1. The Morgan fingerprint density at radius 1 is 0.938 bits per heavy atom. The molecule has 17 heteroatoms. The summed E-state index contributed by atoms with van der Waals surface area (Å²) in [6, 6.07) is 16.0. The van der Waals surface area contributed by atoms with E-state index in [1.54, 1.807) is 60.2 Å². The Balaban J connectivity index is 1.04. The number of ether oxygens (including phenoxy) is 1. The summed E-state index contributed by atoms with van der Waals surface area (Å²) in [5.74, 6) is 0.179. The van der Waals surface area contributed by atoms with Gasteiger partial charge in [-0.1, -0.05) is 5.16 Å². The quantitative estimate of drug-likeness (QED) is 0.141. The number of benzene rings is 2. The summed E-state index contributed by atoms with van der Waals surface area (Å²) in [7, 11) is -0.874. The van der Waals surface area contributed by atoms with Gasteiger partial charge in [0.25, 0.3) is 5.91 Å². The number of carbonyl (C=O) groups is 1. The number of imidazole rings is 1. The van der Waals surface area contributed by atoms with Crippen molar-refractivity contribution in [3.8, 4) is 17.2 Å². The lowest BCUT2D eigenvalue weighted by Gasteiger charge is -2.34. The lowest BCUT2D eigenvalue weighted by atomic mass is 9.92. The van der Waals surface area contributed by atoms with Gasteiger partial charge in [-0.2, -0.15) is 5.10 Å². The van der Waals surface area contributed by atoms with E-state index in [2.05, 4.69) is 32.0 Å². The first-order chi connectivity index (χ1) is 30.8. The monoisotopic (exact) mass is 885 g/mol. The lowest BCUT2D eigenvalue weighted by molar-refractivity contribution is 0.0675. The molecule has 0 bridgehead atoms. The summed E-state index contributed by atoms with van der Waals surface area (Å²) in [6.45, 7) is 7.13. The van der Waals surface area contributed by atoms with Gasteiger partial charge in [-0.25, -0.2) is 18.7 Å². The molecular weight excluding hydrogens is 837 g/mol. The van der Waals surface area contributed by atoms with Crippen LogP contribution in [0.5, 0.6) is 0 Å². The molecule has 1 atom stereocenters. The molecule has 0 radical (unpaired) electrons. The van der Waals surface area contributed by atoms with E-state index in [1.807, 2.05) is 36.2 Å². The molecule has 2 aromatic carbocycles. The van der Waals surface area contributed by atoms with Crippen molar-refractivity contribution < 1.29 is 23.0 Å². The minimum absolute atomic E-state index is 0.125. The van der Waals surface area contributed by atoms with Gasteiger partial charge in [0.05, 0.1) is 34.1 Å². The zero-order chi connectivity index (χ0) is 44.2. The Hall–Kier alpha value is -6.25. The second-order valence-electron chi connectivity index (χ2n) is 18.2. The van der Waals surface area contributed by atoms with E-state index in [-0.39, 0.29) is 23.3 Å². The van der Waals surface area contributed by atoms with Crippen LogP contribution in [0.3, 0.4) is 0 Å². The van der Waals surface area contributed by atoms with E-state index in [0.717, 1.165) is 42.6 Å². The molecule has 2 aliphatic heterocycles. The molecule has 7 aromatic rings. The normalized spacial score (nSPS) is 18.7. The number of aromatic amines is 1. The fourth-order valence-corrected chi connectivity index (χ4v) is 11.4. The zero-order valence-corrected chi connectivity index (χ0v) is 37.0. The predicted molar refractivity (Wildman–Crippen MR) is 240 cm³/mol. The molecule has 2 N–H and O–H groups in total. The molecule has 11 rings (SSSR count). The standard InChI is InChI=1S/C47H49FN9O6P/c1-27-40-37(12-18-53(27)43(58)35-25-33-23-30(28-13-21-62-22-14-28)11-17-54(33)41(35)47(15-16-47)44-50-45(59)63-52-44)51-57(32-7-9-36(48)34(24-32)29-5-6-29)42(40)56-20-19-55(46(56)60)31-8-10-39(64(3,4)61)38(26-31)49-2/h7-11,17,19-20,23-29,49H,5-6,12-16,18,21-22H2,1-4H3,(H,50,52,59)/t27-/m0/s1. The number of hydrogen-bond acceptors (Lipinski definition) is 9. The van der Waals surface area contributed by atoms with Gasteiger partial charge >= 0.3 is 11.4 Å². The fraction of sp³-hybridized carbons (Fsp3) is 0.383. The number of rotatable bonds is 10. The molecule has 330 valence electrons. The average Bonchev–Trinajstić information content (AvgIpc) is 4.12. The van der Waals surface area contributed by atoms with Crippen LogP contribution >= 0.6 is 7.14 Å². The highest BCUT2D eigenvalue weighted by atomic mass is 31.2. The molecule has 2 saturated carbocycles. The number of anilines is 1. The Labute approximate surface area is 367 Å². The maximum atomic E-state index is 15.4. The van der Waals surface area contributed by atoms with Crippen LogP contribution in [0, 0.1) is 5.82 Å². The first-order valence-corrected chi connectivity index (χ1v) is 24.6. The van der Waals surface area contributed by atoms with Crippen molar-refractivity contribution >= 4 is 29.6 Å². The molecule has 15 nitrogen and oxygen atoms in total. The third-order valence-electron chi connectivity index (χ3n) is 13.9. The van der Waals surface area contributed by atoms with Crippen LogP contribution in [0.1, 0.15) is 108 Å². The molecule has 64 heavy (non-hydrogen) atoms. The number of hydrogen-bond donors (Lipinski definition) is 2. The first-order valence-electron chi connectivity index (χ1n) is 22.0. The number of nitrogens with zero attached hydrogens (tertiary/aromatic N) is 7. The Bertz CT molecular complexity index is 3190. The van der Waals surface area contributed by atoms with E-state index in [9.17, 15) is 14.2 Å². The van der Waals surface area contributed by atoms with Crippen molar-refractivity contribution in [3.63, 3.8) is 0 Å². The SMILES string of the molecule is CNc1cc(-n2ccn(-c3c4c(nn3-c3ccc(F)c(C5CC5)c3)CCN(C(=O)c3cc5cc(C6CCOCC6)ccn5c3C3(c5noc(=O)[nH]5)CC3)[C@H]4C)c2=O)ccc1P(C)(C)=O. The van der Waals surface area contributed by atoms with Gasteiger partial charge in [-0.05, 0) is 136 Å². The number of fused-ring (bicyclic) bond motifs is 2. The lowest BCUT2D eigenvalue weighted by Crippen LogP contribution is -2.40. The summed E-state index contributed by atoms with van der Waals surface area (Å²) in [5, 5.41) is 13.1. The summed E-state index contributed by atoms with van der Waals surface area (Å²) >= 11 is 0. The van der Waals surface area contributed by atoms with E-state index >= 15 is 9.18 Å².